The van der Waals surface area contributed by atoms with E-state index in [1.807, 2.05) is 30.0 Å². The van der Waals surface area contributed by atoms with Crippen LogP contribution in [0.15, 0.2) is 31.1 Å². The van der Waals surface area contributed by atoms with Crippen molar-refractivity contribution >= 4 is 6.08 Å². The van der Waals surface area contributed by atoms with Gasteiger partial charge >= 0.3 is 0 Å². The van der Waals surface area contributed by atoms with Gasteiger partial charge in [0.15, 0.2) is 0 Å². The highest BCUT2D eigenvalue weighted by molar-refractivity contribution is 5.40. The predicted molar refractivity (Wildman–Crippen MR) is 60.8 cm³/mol. The molecule has 0 saturated carbocycles. The minimum absolute atomic E-state index is 0.168. The molecule has 1 aromatic rings. The quantitative estimate of drug-likeness (QED) is 0.667. The van der Waals surface area contributed by atoms with E-state index in [2.05, 4.69) is 31.5 Å². The van der Waals surface area contributed by atoms with Gasteiger partial charge in [-0.25, -0.2) is 4.98 Å². The Balaban J connectivity index is 2.58. The van der Waals surface area contributed by atoms with Crippen LogP contribution in [-0.2, 0) is 7.05 Å². The molecule has 0 unspecified atom stereocenters. The first-order valence-electron chi connectivity index (χ1n) is 4.82. The molecule has 0 fully saturated rings. The van der Waals surface area contributed by atoms with Crippen molar-refractivity contribution in [3.05, 3.63) is 36.9 Å². The third-order valence-electron chi connectivity index (χ3n) is 2.32. The van der Waals surface area contributed by atoms with Gasteiger partial charge in [0.25, 0.3) is 0 Å². The van der Waals surface area contributed by atoms with E-state index in [0.717, 1.165) is 12.2 Å². The minimum atomic E-state index is 0.168. The molecular formula is C12H18N2. The number of aryl methyl sites for hydroxylation is 1. The van der Waals surface area contributed by atoms with Gasteiger partial charge in [0.1, 0.15) is 5.82 Å². The van der Waals surface area contributed by atoms with Crippen LogP contribution < -0.4 is 0 Å². The highest BCUT2D eigenvalue weighted by atomic mass is 15.0. The zero-order valence-electron chi connectivity index (χ0n) is 9.20. The maximum Gasteiger partial charge on any atom is 0.131 e. The second-order valence-electron chi connectivity index (χ2n) is 4.20. The number of nitrogens with zero attached hydrogens (tertiary/aromatic N) is 2. The lowest BCUT2D eigenvalue weighted by molar-refractivity contribution is 0.491. The van der Waals surface area contributed by atoms with E-state index in [0.29, 0.717) is 0 Å². The van der Waals surface area contributed by atoms with E-state index in [1.54, 1.807) is 6.20 Å². The van der Waals surface area contributed by atoms with Crippen molar-refractivity contribution < 1.29 is 0 Å². The number of hydrogen-bond donors (Lipinski definition) is 0. The molecule has 2 nitrogen and oxygen atoms in total. The molecule has 0 bridgehead atoms. The summed E-state index contributed by atoms with van der Waals surface area (Å²) in [4.78, 5) is 4.21. The smallest absolute Gasteiger partial charge is 0.131 e. The molecule has 0 spiro atoms. The van der Waals surface area contributed by atoms with Crippen LogP contribution in [0.2, 0.25) is 0 Å². The zero-order valence-corrected chi connectivity index (χ0v) is 9.20. The van der Waals surface area contributed by atoms with Crippen LogP contribution in [0.5, 0.6) is 0 Å². The average Bonchev–Trinajstić information content (AvgIpc) is 2.52. The summed E-state index contributed by atoms with van der Waals surface area (Å²) in [6.07, 6.45) is 10.9. The third kappa shape index (κ3) is 2.87. The molecule has 0 amide bonds. The molecule has 0 aromatic carbocycles. The van der Waals surface area contributed by atoms with Crippen molar-refractivity contribution in [3.8, 4) is 0 Å². The Bertz CT molecular complexity index is 332. The summed E-state index contributed by atoms with van der Waals surface area (Å²) in [5.74, 6) is 0.991. The van der Waals surface area contributed by atoms with Crippen molar-refractivity contribution in [2.75, 3.05) is 0 Å². The molecular weight excluding hydrogens is 172 g/mol. The lowest BCUT2D eigenvalue weighted by Gasteiger charge is -2.16. The number of aromatic nitrogens is 2. The van der Waals surface area contributed by atoms with E-state index >= 15 is 0 Å². The highest BCUT2D eigenvalue weighted by Gasteiger charge is 2.09. The molecule has 0 radical (unpaired) electrons. The van der Waals surface area contributed by atoms with E-state index in [1.165, 1.54) is 0 Å². The van der Waals surface area contributed by atoms with E-state index in [9.17, 15) is 0 Å². The van der Waals surface area contributed by atoms with Gasteiger partial charge < -0.3 is 4.57 Å². The summed E-state index contributed by atoms with van der Waals surface area (Å²) in [6, 6.07) is 0. The van der Waals surface area contributed by atoms with Crippen LogP contribution in [0.4, 0.5) is 0 Å². The first-order valence-corrected chi connectivity index (χ1v) is 4.82. The lowest BCUT2D eigenvalue weighted by Crippen LogP contribution is -2.04. The van der Waals surface area contributed by atoms with E-state index in [-0.39, 0.29) is 5.41 Å². The molecule has 0 saturated heterocycles. The Kier molecular flexibility index (Phi) is 3.28. The first-order chi connectivity index (χ1) is 6.55. The maximum atomic E-state index is 4.21. The van der Waals surface area contributed by atoms with Crippen LogP contribution in [0.1, 0.15) is 26.1 Å². The maximum absolute atomic E-state index is 4.21. The number of imidazole rings is 1. The van der Waals surface area contributed by atoms with Gasteiger partial charge in [0.2, 0.25) is 0 Å². The van der Waals surface area contributed by atoms with Crippen molar-refractivity contribution in [1.82, 2.24) is 9.55 Å². The van der Waals surface area contributed by atoms with Crippen molar-refractivity contribution in [2.24, 2.45) is 12.5 Å². The second-order valence-corrected chi connectivity index (χ2v) is 4.20. The predicted octanol–water partition coefficient (Wildman–Crippen LogP) is 3.04. The summed E-state index contributed by atoms with van der Waals surface area (Å²) >= 11 is 0. The fourth-order valence-corrected chi connectivity index (χ4v) is 1.09. The van der Waals surface area contributed by atoms with Gasteiger partial charge in [0.05, 0.1) is 0 Å². The van der Waals surface area contributed by atoms with Crippen LogP contribution in [-0.4, -0.2) is 9.55 Å². The standard InChI is InChI=1S/C12H18N2/c1-5-12(2,3)8-6-7-11-13-9-10-14(11)4/h5-7,9-10H,1,8H2,2-4H3/b7-6+. The number of hydrogen-bond acceptors (Lipinski definition) is 1. The molecule has 14 heavy (non-hydrogen) atoms. The van der Waals surface area contributed by atoms with Crippen LogP contribution >= 0.6 is 0 Å². The Hall–Kier alpha value is -1.31. The summed E-state index contributed by atoms with van der Waals surface area (Å²) < 4.78 is 2.00. The summed E-state index contributed by atoms with van der Waals surface area (Å²) in [5, 5.41) is 0. The Labute approximate surface area is 86.0 Å². The number of allylic oxidation sites excluding steroid dienone is 2. The fourth-order valence-electron chi connectivity index (χ4n) is 1.09. The summed E-state index contributed by atoms with van der Waals surface area (Å²) in [6.45, 7) is 8.15. The van der Waals surface area contributed by atoms with Gasteiger partial charge in [-0.1, -0.05) is 26.0 Å². The van der Waals surface area contributed by atoms with Gasteiger partial charge in [-0.15, -0.1) is 6.58 Å². The SMILES string of the molecule is C=CC(C)(C)C/C=C/c1nccn1C. The highest BCUT2D eigenvalue weighted by Crippen LogP contribution is 2.21. The van der Waals surface area contributed by atoms with E-state index < -0.39 is 0 Å². The molecule has 0 aliphatic rings. The average molecular weight is 190 g/mol. The van der Waals surface area contributed by atoms with Crippen LogP contribution in [0.3, 0.4) is 0 Å². The summed E-state index contributed by atoms with van der Waals surface area (Å²) in [5.41, 5.74) is 0.168. The number of rotatable bonds is 4. The van der Waals surface area contributed by atoms with Crippen molar-refractivity contribution in [2.45, 2.75) is 20.3 Å². The normalized spacial score (nSPS) is 12.2. The van der Waals surface area contributed by atoms with Gasteiger partial charge in [-0.2, -0.15) is 0 Å². The van der Waals surface area contributed by atoms with Gasteiger partial charge in [0, 0.05) is 19.4 Å². The van der Waals surface area contributed by atoms with Gasteiger partial charge in [-0.3, -0.25) is 0 Å². The zero-order chi connectivity index (χ0) is 10.6. The Morgan fingerprint density at radius 1 is 1.57 bits per heavy atom. The largest absolute Gasteiger partial charge is 0.335 e. The molecule has 1 aromatic heterocycles. The third-order valence-corrected chi connectivity index (χ3v) is 2.32. The van der Waals surface area contributed by atoms with Crippen molar-refractivity contribution in [1.29, 1.82) is 0 Å². The lowest BCUT2D eigenvalue weighted by atomic mass is 9.90. The van der Waals surface area contributed by atoms with Crippen LogP contribution in [0.25, 0.3) is 6.08 Å². The van der Waals surface area contributed by atoms with Crippen molar-refractivity contribution in [3.63, 3.8) is 0 Å². The molecule has 0 aliphatic heterocycles. The monoisotopic (exact) mass is 190 g/mol. The molecule has 0 N–H and O–H groups in total. The Morgan fingerprint density at radius 3 is 2.79 bits per heavy atom. The fraction of sp³-hybridized carbons (Fsp3) is 0.417. The van der Waals surface area contributed by atoms with Gasteiger partial charge in [-0.05, 0) is 17.9 Å². The summed E-state index contributed by atoms with van der Waals surface area (Å²) in [7, 11) is 1.99. The minimum Gasteiger partial charge on any atom is -0.335 e. The molecule has 1 heterocycles. The Morgan fingerprint density at radius 2 is 2.29 bits per heavy atom. The van der Waals surface area contributed by atoms with E-state index in [4.69, 9.17) is 0 Å². The molecule has 1 rings (SSSR count). The first kappa shape index (κ1) is 10.8. The molecule has 0 atom stereocenters. The topological polar surface area (TPSA) is 17.8 Å². The molecule has 0 aliphatic carbocycles. The van der Waals surface area contributed by atoms with Crippen LogP contribution in [0, 0.1) is 5.41 Å². The molecule has 2 heteroatoms. The second kappa shape index (κ2) is 4.27. The molecule has 76 valence electrons.